The van der Waals surface area contributed by atoms with Crippen molar-refractivity contribution in [2.24, 2.45) is 0 Å². The molecule has 1 atom stereocenters. The molecule has 1 aliphatic carbocycles. The molecule has 0 aromatic heterocycles. The van der Waals surface area contributed by atoms with Crippen LogP contribution in [0, 0.1) is 0 Å². The summed E-state index contributed by atoms with van der Waals surface area (Å²) >= 11 is 0. The Balaban J connectivity index is 1.80. The number of hydrogen-bond donors (Lipinski definition) is 1. The topological polar surface area (TPSA) is 38.7 Å². The minimum atomic E-state index is -0.254. The third kappa shape index (κ3) is 2.80. The summed E-state index contributed by atoms with van der Waals surface area (Å²) in [6, 6.07) is 0. The lowest BCUT2D eigenvalue weighted by atomic mass is 9.94. The molecule has 2 aliphatic rings. The van der Waals surface area contributed by atoms with Crippen LogP contribution in [0.2, 0.25) is 0 Å². The monoisotopic (exact) mass is 212 g/mol. The highest BCUT2D eigenvalue weighted by Crippen LogP contribution is 2.38. The van der Waals surface area contributed by atoms with Gasteiger partial charge in [0.15, 0.2) is 5.79 Å². The van der Waals surface area contributed by atoms with Crippen molar-refractivity contribution in [2.45, 2.75) is 50.4 Å². The first kappa shape index (κ1) is 11.1. The van der Waals surface area contributed by atoms with Crippen LogP contribution < -0.4 is 0 Å². The molecule has 2 fully saturated rings. The summed E-state index contributed by atoms with van der Waals surface area (Å²) in [5.74, 6) is -0.254. The Morgan fingerprint density at radius 2 is 2.00 bits per heavy atom. The molecule has 0 aromatic rings. The molecule has 0 unspecified atom stereocenters. The van der Waals surface area contributed by atoms with Crippen molar-refractivity contribution in [3.63, 3.8) is 0 Å². The van der Waals surface area contributed by atoms with Gasteiger partial charge in [0.1, 0.15) is 0 Å². The zero-order valence-electron chi connectivity index (χ0n) is 9.15. The van der Waals surface area contributed by atoms with Gasteiger partial charge in [-0.15, -0.1) is 0 Å². The van der Waals surface area contributed by atoms with E-state index in [1.54, 1.807) is 6.08 Å². The predicted molar refractivity (Wildman–Crippen MR) is 57.5 cm³/mol. The van der Waals surface area contributed by atoms with Crippen molar-refractivity contribution in [3.05, 3.63) is 12.2 Å². The maximum Gasteiger partial charge on any atom is 0.168 e. The summed E-state index contributed by atoms with van der Waals surface area (Å²) in [6.07, 6.45) is 10.6. The molecule has 1 saturated carbocycles. The molecule has 0 bridgehead atoms. The molecule has 1 heterocycles. The van der Waals surface area contributed by atoms with Gasteiger partial charge in [-0.1, -0.05) is 18.6 Å². The minimum absolute atomic E-state index is 0.110. The lowest BCUT2D eigenvalue weighted by Crippen LogP contribution is -2.33. The average Bonchev–Trinajstić information content (AvgIpc) is 2.63. The molecule has 86 valence electrons. The van der Waals surface area contributed by atoms with Gasteiger partial charge >= 0.3 is 0 Å². The third-order valence-electron chi connectivity index (χ3n) is 3.20. The summed E-state index contributed by atoms with van der Waals surface area (Å²) in [5.41, 5.74) is 0. The number of aliphatic hydroxyl groups excluding tert-OH is 1. The van der Waals surface area contributed by atoms with Gasteiger partial charge in [-0.3, -0.25) is 0 Å². The second kappa shape index (κ2) is 5.10. The van der Waals surface area contributed by atoms with Gasteiger partial charge in [0, 0.05) is 12.8 Å². The van der Waals surface area contributed by atoms with E-state index < -0.39 is 0 Å². The number of hydrogen-bond acceptors (Lipinski definition) is 3. The van der Waals surface area contributed by atoms with E-state index in [9.17, 15) is 0 Å². The molecule has 15 heavy (non-hydrogen) atoms. The SMILES string of the molecule is OC/C=C/C[C@@H]1COC2(CCCCC2)O1. The van der Waals surface area contributed by atoms with Crippen LogP contribution in [0.5, 0.6) is 0 Å². The number of rotatable bonds is 3. The Labute approximate surface area is 91.1 Å². The normalized spacial score (nSPS) is 30.3. The van der Waals surface area contributed by atoms with Gasteiger partial charge < -0.3 is 14.6 Å². The van der Waals surface area contributed by atoms with Crippen molar-refractivity contribution in [1.29, 1.82) is 0 Å². The molecule has 3 nitrogen and oxygen atoms in total. The van der Waals surface area contributed by atoms with Crippen molar-refractivity contribution >= 4 is 0 Å². The fourth-order valence-electron chi connectivity index (χ4n) is 2.41. The van der Waals surface area contributed by atoms with Crippen molar-refractivity contribution < 1.29 is 14.6 Å². The summed E-state index contributed by atoms with van der Waals surface area (Å²) < 4.78 is 11.8. The van der Waals surface area contributed by atoms with Crippen molar-refractivity contribution in [3.8, 4) is 0 Å². The summed E-state index contributed by atoms with van der Waals surface area (Å²) in [7, 11) is 0. The first-order chi connectivity index (χ1) is 7.35. The van der Waals surface area contributed by atoms with Gasteiger partial charge in [-0.2, -0.15) is 0 Å². The molecule has 1 aliphatic heterocycles. The van der Waals surface area contributed by atoms with Gasteiger partial charge in [0.25, 0.3) is 0 Å². The first-order valence-electron chi connectivity index (χ1n) is 5.92. The van der Waals surface area contributed by atoms with E-state index in [4.69, 9.17) is 14.6 Å². The quantitative estimate of drug-likeness (QED) is 0.727. The molecular formula is C12H20O3. The number of aliphatic hydroxyl groups is 1. The molecule has 0 radical (unpaired) electrons. The van der Waals surface area contributed by atoms with Crippen molar-refractivity contribution in [1.82, 2.24) is 0 Å². The fourth-order valence-corrected chi connectivity index (χ4v) is 2.41. The Morgan fingerprint density at radius 1 is 1.20 bits per heavy atom. The maximum absolute atomic E-state index is 8.62. The fraction of sp³-hybridized carbons (Fsp3) is 0.833. The van der Waals surface area contributed by atoms with Crippen LogP contribution in [0.25, 0.3) is 0 Å². The smallest absolute Gasteiger partial charge is 0.168 e. The minimum Gasteiger partial charge on any atom is -0.392 e. The van der Waals surface area contributed by atoms with Gasteiger partial charge in [0.05, 0.1) is 19.3 Å². The van der Waals surface area contributed by atoms with E-state index in [0.29, 0.717) is 6.61 Å². The van der Waals surface area contributed by atoms with Crippen LogP contribution in [-0.4, -0.2) is 30.2 Å². The Morgan fingerprint density at radius 3 is 2.73 bits per heavy atom. The van der Waals surface area contributed by atoms with Crippen LogP contribution in [0.3, 0.4) is 0 Å². The summed E-state index contributed by atoms with van der Waals surface area (Å²) in [5, 5.41) is 8.62. The van der Waals surface area contributed by atoms with E-state index in [1.807, 2.05) is 6.08 Å². The Bertz CT molecular complexity index is 219. The zero-order chi connectivity index (χ0) is 10.6. The van der Waals surface area contributed by atoms with E-state index in [0.717, 1.165) is 19.3 Å². The highest BCUT2D eigenvalue weighted by molar-refractivity contribution is 4.88. The van der Waals surface area contributed by atoms with Gasteiger partial charge in [0.2, 0.25) is 0 Å². The second-order valence-corrected chi connectivity index (χ2v) is 4.41. The first-order valence-corrected chi connectivity index (χ1v) is 5.92. The Kier molecular flexibility index (Phi) is 3.78. The van der Waals surface area contributed by atoms with Crippen LogP contribution in [-0.2, 0) is 9.47 Å². The van der Waals surface area contributed by atoms with Crippen LogP contribution in [0.15, 0.2) is 12.2 Å². The van der Waals surface area contributed by atoms with Crippen LogP contribution >= 0.6 is 0 Å². The molecule has 0 amide bonds. The predicted octanol–water partition coefficient (Wildman–Crippen LogP) is 2.00. The highest BCUT2D eigenvalue weighted by Gasteiger charge is 2.41. The highest BCUT2D eigenvalue weighted by atomic mass is 16.7. The van der Waals surface area contributed by atoms with Gasteiger partial charge in [-0.25, -0.2) is 0 Å². The van der Waals surface area contributed by atoms with Crippen LogP contribution in [0.4, 0.5) is 0 Å². The molecule has 2 rings (SSSR count). The standard InChI is InChI=1S/C12H20O3/c13-9-5-2-6-11-10-14-12(15-11)7-3-1-4-8-12/h2,5,11,13H,1,3-4,6-10H2/b5-2+/t11-/m1/s1. The number of ether oxygens (including phenoxy) is 2. The lowest BCUT2D eigenvalue weighted by molar-refractivity contribution is -0.186. The molecule has 3 heteroatoms. The summed E-state index contributed by atoms with van der Waals surface area (Å²) in [6.45, 7) is 0.814. The molecule has 1 N–H and O–H groups in total. The largest absolute Gasteiger partial charge is 0.392 e. The average molecular weight is 212 g/mol. The molecular weight excluding hydrogens is 192 g/mol. The second-order valence-electron chi connectivity index (χ2n) is 4.41. The third-order valence-corrected chi connectivity index (χ3v) is 3.20. The zero-order valence-corrected chi connectivity index (χ0v) is 9.15. The maximum atomic E-state index is 8.62. The lowest BCUT2D eigenvalue weighted by Gasteiger charge is -2.31. The van der Waals surface area contributed by atoms with E-state index >= 15 is 0 Å². The molecule has 1 saturated heterocycles. The summed E-state index contributed by atoms with van der Waals surface area (Å²) in [4.78, 5) is 0. The van der Waals surface area contributed by atoms with E-state index in [-0.39, 0.29) is 18.5 Å². The van der Waals surface area contributed by atoms with Crippen LogP contribution in [0.1, 0.15) is 38.5 Å². The van der Waals surface area contributed by atoms with E-state index in [2.05, 4.69) is 0 Å². The molecule has 1 spiro atoms. The Hall–Kier alpha value is -0.380. The molecule has 0 aromatic carbocycles. The van der Waals surface area contributed by atoms with Gasteiger partial charge in [-0.05, 0) is 19.3 Å². The van der Waals surface area contributed by atoms with E-state index in [1.165, 1.54) is 19.3 Å². The van der Waals surface area contributed by atoms with Crippen molar-refractivity contribution in [2.75, 3.05) is 13.2 Å².